The molecule has 0 unspecified atom stereocenters. The van der Waals surface area contributed by atoms with Crippen LogP contribution >= 0.6 is 27.7 Å². The number of hydrogen-bond donors (Lipinski definition) is 1. The predicted molar refractivity (Wildman–Crippen MR) is 148 cm³/mol. The van der Waals surface area contributed by atoms with Gasteiger partial charge in [0.2, 0.25) is 0 Å². The Morgan fingerprint density at radius 1 is 1.11 bits per heavy atom. The third kappa shape index (κ3) is 4.74. The molecule has 3 aromatic rings. The molecule has 36 heavy (non-hydrogen) atoms. The molecular formula is C28H22BrN3O3S. The number of amides is 1. The molecule has 8 heteroatoms. The van der Waals surface area contributed by atoms with E-state index in [4.69, 9.17) is 14.9 Å². The van der Waals surface area contributed by atoms with Crippen molar-refractivity contribution in [2.45, 2.75) is 13.5 Å². The summed E-state index contributed by atoms with van der Waals surface area (Å²) < 4.78 is 12.3. The highest BCUT2D eigenvalue weighted by molar-refractivity contribution is 9.10. The van der Waals surface area contributed by atoms with Crippen molar-refractivity contribution in [1.29, 1.82) is 5.41 Å². The number of nitrogens with one attached hydrogen (secondary N) is 1. The highest BCUT2D eigenvalue weighted by Crippen LogP contribution is 2.40. The van der Waals surface area contributed by atoms with Crippen molar-refractivity contribution in [2.24, 2.45) is 4.99 Å². The van der Waals surface area contributed by atoms with Crippen molar-refractivity contribution >= 4 is 56.4 Å². The molecule has 0 saturated heterocycles. The predicted octanol–water partition coefficient (Wildman–Crippen LogP) is 6.65. The monoisotopic (exact) mass is 559 g/mol. The van der Waals surface area contributed by atoms with Crippen LogP contribution in [0.15, 0.2) is 87.2 Å². The van der Waals surface area contributed by atoms with Gasteiger partial charge in [-0.05, 0) is 57.8 Å². The second kappa shape index (κ2) is 10.2. The molecule has 5 rings (SSSR count). The number of halogens is 1. The van der Waals surface area contributed by atoms with Crippen LogP contribution in [0.5, 0.6) is 11.5 Å². The molecule has 180 valence electrons. The number of aryl methyl sites for hydroxylation is 1. The highest BCUT2D eigenvalue weighted by Gasteiger charge is 2.36. The summed E-state index contributed by atoms with van der Waals surface area (Å²) in [7, 11) is 1.57. The zero-order valence-electron chi connectivity index (χ0n) is 19.6. The number of fused-ring (bicyclic) bond motifs is 1. The fourth-order valence-corrected chi connectivity index (χ4v) is 5.35. The third-order valence-corrected chi connectivity index (χ3v) is 7.17. The van der Waals surface area contributed by atoms with E-state index in [2.05, 4.69) is 20.9 Å². The standard InChI is InChI=1S/C28H22BrN3O3S/c1-17-8-10-18(11-9-17)15-35-25-22(29)13-19(14-24(25)34-2)12-21-26(30)32-23(20-6-4-3-5-7-20)16-36-28(32)31-27(21)33/h3-14,16,30H,15H2,1-2H3/b21-12-,30-26?. The lowest BCUT2D eigenvalue weighted by Crippen LogP contribution is -2.38. The Kier molecular flexibility index (Phi) is 6.80. The molecular weight excluding hydrogens is 538 g/mol. The third-order valence-electron chi connectivity index (χ3n) is 5.75. The molecule has 2 aliphatic rings. The van der Waals surface area contributed by atoms with Crippen molar-refractivity contribution < 1.29 is 14.3 Å². The first-order valence-electron chi connectivity index (χ1n) is 11.2. The lowest BCUT2D eigenvalue weighted by Gasteiger charge is -2.27. The van der Waals surface area contributed by atoms with Crippen molar-refractivity contribution in [3.05, 3.63) is 104 Å². The van der Waals surface area contributed by atoms with Crippen molar-refractivity contribution in [2.75, 3.05) is 7.11 Å². The van der Waals surface area contributed by atoms with Crippen LogP contribution in [-0.2, 0) is 11.4 Å². The molecule has 0 aromatic heterocycles. The molecule has 0 aliphatic carbocycles. The molecule has 1 N–H and O–H groups in total. The van der Waals surface area contributed by atoms with E-state index in [0.717, 1.165) is 16.8 Å². The van der Waals surface area contributed by atoms with Crippen LogP contribution in [0.3, 0.4) is 0 Å². The van der Waals surface area contributed by atoms with Gasteiger partial charge in [-0.1, -0.05) is 71.9 Å². The van der Waals surface area contributed by atoms with Gasteiger partial charge in [0.25, 0.3) is 5.91 Å². The average molecular weight is 560 g/mol. The zero-order chi connectivity index (χ0) is 25.2. The van der Waals surface area contributed by atoms with Crippen molar-refractivity contribution in [1.82, 2.24) is 4.90 Å². The summed E-state index contributed by atoms with van der Waals surface area (Å²) in [5.41, 5.74) is 4.89. The molecule has 2 heterocycles. The topological polar surface area (TPSA) is 75.0 Å². The summed E-state index contributed by atoms with van der Waals surface area (Å²) in [6, 6.07) is 21.5. The van der Waals surface area contributed by atoms with E-state index in [1.807, 2.05) is 73.0 Å². The zero-order valence-corrected chi connectivity index (χ0v) is 22.0. The summed E-state index contributed by atoms with van der Waals surface area (Å²) >= 11 is 4.92. The van der Waals surface area contributed by atoms with Crippen LogP contribution in [0.2, 0.25) is 0 Å². The number of nitrogens with zero attached hydrogens (tertiary/aromatic N) is 2. The summed E-state index contributed by atoms with van der Waals surface area (Å²) in [6.07, 6.45) is 1.66. The number of amidine groups is 2. The average Bonchev–Trinajstić information content (AvgIpc) is 3.31. The maximum absolute atomic E-state index is 12.9. The van der Waals surface area contributed by atoms with E-state index < -0.39 is 5.91 Å². The van der Waals surface area contributed by atoms with E-state index in [1.54, 1.807) is 24.2 Å². The smallest absolute Gasteiger partial charge is 0.283 e. The van der Waals surface area contributed by atoms with Crippen LogP contribution in [0.4, 0.5) is 0 Å². The normalized spacial score (nSPS) is 16.1. The van der Waals surface area contributed by atoms with E-state index in [0.29, 0.717) is 33.3 Å². The minimum atomic E-state index is -0.448. The van der Waals surface area contributed by atoms with Crippen LogP contribution in [0.1, 0.15) is 22.3 Å². The van der Waals surface area contributed by atoms with Gasteiger partial charge in [0.05, 0.1) is 22.9 Å². The number of methoxy groups -OCH3 is 1. The van der Waals surface area contributed by atoms with E-state index in [1.165, 1.54) is 17.3 Å². The Balaban J connectivity index is 1.43. The van der Waals surface area contributed by atoms with Gasteiger partial charge in [-0.3, -0.25) is 15.1 Å². The summed E-state index contributed by atoms with van der Waals surface area (Å²) in [5, 5.41) is 11.2. The lowest BCUT2D eigenvalue weighted by atomic mass is 10.1. The molecule has 0 bridgehead atoms. The van der Waals surface area contributed by atoms with Crippen molar-refractivity contribution in [3.8, 4) is 11.5 Å². The van der Waals surface area contributed by atoms with E-state index in [9.17, 15) is 4.79 Å². The Labute approximate surface area is 222 Å². The van der Waals surface area contributed by atoms with Gasteiger partial charge in [0.1, 0.15) is 12.4 Å². The number of thioether (sulfide) groups is 1. The Morgan fingerprint density at radius 3 is 2.58 bits per heavy atom. The lowest BCUT2D eigenvalue weighted by molar-refractivity contribution is -0.114. The molecule has 2 aliphatic heterocycles. The van der Waals surface area contributed by atoms with Crippen molar-refractivity contribution in [3.63, 3.8) is 0 Å². The molecule has 0 radical (unpaired) electrons. The van der Waals surface area contributed by atoms with Gasteiger partial charge >= 0.3 is 0 Å². The molecule has 1 amide bonds. The summed E-state index contributed by atoms with van der Waals surface area (Å²) in [4.78, 5) is 18.8. The molecule has 6 nitrogen and oxygen atoms in total. The van der Waals surface area contributed by atoms with Gasteiger partial charge in [-0.25, -0.2) is 0 Å². The largest absolute Gasteiger partial charge is 0.493 e. The number of aliphatic imine (C=N–C) groups is 1. The van der Waals surface area contributed by atoms with Gasteiger partial charge < -0.3 is 9.47 Å². The minimum absolute atomic E-state index is 0.0832. The first-order valence-corrected chi connectivity index (χ1v) is 12.8. The summed E-state index contributed by atoms with van der Waals surface area (Å²) in [6.45, 7) is 2.43. The Morgan fingerprint density at radius 2 is 1.86 bits per heavy atom. The molecule has 0 spiro atoms. The van der Waals surface area contributed by atoms with Gasteiger partial charge in [0.15, 0.2) is 16.7 Å². The molecule has 0 atom stereocenters. The molecule has 0 fully saturated rings. The minimum Gasteiger partial charge on any atom is -0.493 e. The maximum atomic E-state index is 12.9. The number of ether oxygens (including phenoxy) is 2. The van der Waals surface area contributed by atoms with Gasteiger partial charge in [0, 0.05) is 5.41 Å². The fraction of sp³-hybridized carbons (Fsp3) is 0.107. The number of benzene rings is 3. The molecule has 3 aromatic carbocycles. The van der Waals surface area contributed by atoms with Gasteiger partial charge in [-0.2, -0.15) is 4.99 Å². The maximum Gasteiger partial charge on any atom is 0.283 e. The first kappa shape index (κ1) is 24.1. The van der Waals surface area contributed by atoms with Crippen LogP contribution in [0, 0.1) is 12.3 Å². The van der Waals surface area contributed by atoms with Crippen LogP contribution in [-0.4, -0.2) is 28.9 Å². The summed E-state index contributed by atoms with van der Waals surface area (Å²) in [5.74, 6) is 0.718. The Hall–Kier alpha value is -3.62. The number of rotatable bonds is 6. The number of carbonyl (C=O) groups is 1. The van der Waals surface area contributed by atoms with E-state index >= 15 is 0 Å². The quantitative estimate of drug-likeness (QED) is 0.342. The first-order chi connectivity index (χ1) is 17.4. The Bertz CT molecular complexity index is 1450. The molecule has 0 saturated carbocycles. The van der Waals surface area contributed by atoms with E-state index in [-0.39, 0.29) is 11.4 Å². The highest BCUT2D eigenvalue weighted by atomic mass is 79.9. The second-order valence-corrected chi connectivity index (χ2v) is 9.93. The fourth-order valence-electron chi connectivity index (χ4n) is 3.88. The van der Waals surface area contributed by atoms with Crippen LogP contribution in [0.25, 0.3) is 11.8 Å². The number of hydrogen-bond acceptors (Lipinski definition) is 5. The van der Waals surface area contributed by atoms with Gasteiger partial charge in [-0.15, -0.1) is 0 Å². The van der Waals surface area contributed by atoms with Crippen LogP contribution < -0.4 is 9.47 Å². The SMILES string of the molecule is COc1cc(/C=C2/C(=N)N3C(c4ccccc4)=CSC3=NC2=O)cc(Br)c1OCc1ccc(C)cc1. The second-order valence-electron chi connectivity index (χ2n) is 8.24. The number of carbonyl (C=O) groups excluding carboxylic acids is 1.